The number of nitrogens with one attached hydrogen (secondary N) is 4. The van der Waals surface area contributed by atoms with E-state index >= 15 is 0 Å². The second kappa shape index (κ2) is 18.7. The van der Waals surface area contributed by atoms with E-state index in [9.17, 15) is 55.4 Å². The van der Waals surface area contributed by atoms with Crippen molar-refractivity contribution >= 4 is 35.3 Å². The number of carbonyl (C=O) groups excluding carboxylic acids is 4. The first-order valence-electron chi connectivity index (χ1n) is 16.2. The molecule has 2 aromatic carbocycles. The van der Waals surface area contributed by atoms with Crippen molar-refractivity contribution in [3.63, 3.8) is 0 Å². The maximum atomic E-state index is 13.7. The van der Waals surface area contributed by atoms with Gasteiger partial charge in [-0.2, -0.15) is 26.3 Å². The van der Waals surface area contributed by atoms with Gasteiger partial charge in [0.25, 0.3) is 5.91 Å². The van der Waals surface area contributed by atoms with Crippen molar-refractivity contribution in [3.05, 3.63) is 65.2 Å². The Bertz CT molecular complexity index is 1520. The lowest BCUT2D eigenvalue weighted by Gasteiger charge is -2.29. The maximum Gasteiger partial charge on any atom is 0.416 e. The van der Waals surface area contributed by atoms with Crippen molar-refractivity contribution in [1.82, 2.24) is 16.0 Å². The molecular formula is C34H43F6N5O7. The van der Waals surface area contributed by atoms with Crippen molar-refractivity contribution < 1.29 is 60.5 Å². The molecule has 18 heteroatoms. The van der Waals surface area contributed by atoms with E-state index in [1.54, 1.807) is 58.0 Å². The van der Waals surface area contributed by atoms with Crippen LogP contribution >= 0.6 is 0 Å². The molecule has 2 aromatic rings. The van der Waals surface area contributed by atoms with Crippen LogP contribution in [0.3, 0.4) is 0 Å². The van der Waals surface area contributed by atoms with Crippen LogP contribution < -0.4 is 27.0 Å². The average molecular weight is 748 g/mol. The summed E-state index contributed by atoms with van der Waals surface area (Å²) in [6.45, 7) is 6.64. The summed E-state index contributed by atoms with van der Waals surface area (Å²) in [7, 11) is 0. The normalized spacial score (nSPS) is 14.9. The van der Waals surface area contributed by atoms with Gasteiger partial charge in [-0.15, -0.1) is 0 Å². The third-order valence-electron chi connectivity index (χ3n) is 7.72. The van der Waals surface area contributed by atoms with Gasteiger partial charge in [0, 0.05) is 12.1 Å². The number of alkyl halides is 6. The highest BCUT2D eigenvalue weighted by Crippen LogP contribution is 2.37. The molecule has 0 aliphatic carbocycles. The molecule has 0 fully saturated rings. The van der Waals surface area contributed by atoms with Gasteiger partial charge in [-0.3, -0.25) is 24.0 Å². The highest BCUT2D eigenvalue weighted by molar-refractivity contribution is 5.96. The van der Waals surface area contributed by atoms with Gasteiger partial charge in [-0.05, 0) is 54.9 Å². The predicted octanol–water partition coefficient (Wildman–Crippen LogP) is 3.61. The summed E-state index contributed by atoms with van der Waals surface area (Å²) in [5.74, 6) is -5.89. The number of hydrogen-bond donors (Lipinski definition) is 7. The number of hydrogen-bond acceptors (Lipinski definition) is 7. The molecule has 0 radical (unpaired) electrons. The van der Waals surface area contributed by atoms with Gasteiger partial charge >= 0.3 is 18.3 Å². The lowest BCUT2D eigenvalue weighted by atomic mass is 9.97. The van der Waals surface area contributed by atoms with E-state index in [0.29, 0.717) is 5.56 Å². The quantitative estimate of drug-likeness (QED) is 0.119. The summed E-state index contributed by atoms with van der Waals surface area (Å²) < 4.78 is 80.4. The van der Waals surface area contributed by atoms with E-state index < -0.39 is 101 Å². The number of carbonyl (C=O) groups is 5. The minimum atomic E-state index is -5.21. The molecule has 0 saturated carbocycles. The van der Waals surface area contributed by atoms with Crippen molar-refractivity contribution in [3.8, 4) is 0 Å². The Kier molecular flexibility index (Phi) is 15.6. The van der Waals surface area contributed by atoms with Crippen LogP contribution in [0, 0.1) is 11.8 Å². The molecule has 0 aliphatic heterocycles. The van der Waals surface area contributed by atoms with Crippen LogP contribution in [0.25, 0.3) is 0 Å². The van der Waals surface area contributed by atoms with Crippen LogP contribution in [-0.2, 0) is 42.7 Å². The minimum Gasteiger partial charge on any atom is -0.481 e. The van der Waals surface area contributed by atoms with Crippen molar-refractivity contribution in [2.24, 2.45) is 17.6 Å². The highest BCUT2D eigenvalue weighted by atomic mass is 19.4. The predicted molar refractivity (Wildman–Crippen MR) is 176 cm³/mol. The first kappa shape index (κ1) is 43.5. The lowest BCUT2D eigenvalue weighted by Crippen LogP contribution is -2.59. The van der Waals surface area contributed by atoms with E-state index in [2.05, 4.69) is 16.0 Å². The average Bonchev–Trinajstić information content (AvgIpc) is 3.03. The Morgan fingerprint density at radius 3 is 1.81 bits per heavy atom. The Balaban J connectivity index is 2.37. The Labute approximate surface area is 295 Å². The summed E-state index contributed by atoms with van der Waals surface area (Å²) in [5, 5.41) is 29.3. The second-order valence-electron chi connectivity index (χ2n) is 13.0. The van der Waals surface area contributed by atoms with E-state index in [-0.39, 0.29) is 43.4 Å². The summed E-state index contributed by atoms with van der Waals surface area (Å²) in [4.78, 5) is 63.8. The van der Waals surface area contributed by atoms with Gasteiger partial charge in [0.05, 0.1) is 23.2 Å². The molecule has 0 unspecified atom stereocenters. The number of rotatable bonds is 17. The standard InChI is InChI=1S/C34H43F6N5O7/c1-17(2)12-25(44-31(51)27(18(3)4)45-29(49)23(41)10-11-26(46)47)30(50)43-24(13-19-8-6-5-7-9-19)28(48)32(52)42-22-15-20(33(35,36)37)14-21(16-22)34(38,39)40/h5-9,14-18,23-25,27-28,48H,10-13,41H2,1-4H3,(H,42,52)(H,43,50)(H,44,51)(H,45,49)(H,46,47)/t23-,24-,25-,27-,28+/m0/s1. The molecule has 5 atom stereocenters. The fourth-order valence-electron chi connectivity index (χ4n) is 4.99. The number of anilines is 1. The molecule has 52 heavy (non-hydrogen) atoms. The van der Waals surface area contributed by atoms with Gasteiger partial charge in [0.1, 0.15) is 12.1 Å². The van der Waals surface area contributed by atoms with Gasteiger partial charge in [0.2, 0.25) is 17.7 Å². The van der Waals surface area contributed by atoms with E-state index in [4.69, 9.17) is 10.8 Å². The van der Waals surface area contributed by atoms with Gasteiger partial charge in [0.15, 0.2) is 6.10 Å². The van der Waals surface area contributed by atoms with Crippen LogP contribution in [0.1, 0.15) is 63.6 Å². The number of carboxylic acid groups (broad SMARTS) is 1. The number of aliphatic hydroxyl groups is 1. The van der Waals surface area contributed by atoms with Crippen molar-refractivity contribution in [2.45, 2.75) is 96.0 Å². The van der Waals surface area contributed by atoms with Crippen LogP contribution in [0.4, 0.5) is 32.0 Å². The summed E-state index contributed by atoms with van der Waals surface area (Å²) >= 11 is 0. The Morgan fingerprint density at radius 1 is 0.769 bits per heavy atom. The zero-order chi connectivity index (χ0) is 39.6. The molecule has 2 rings (SSSR count). The van der Waals surface area contributed by atoms with Crippen molar-refractivity contribution in [2.75, 3.05) is 5.32 Å². The molecule has 8 N–H and O–H groups in total. The van der Waals surface area contributed by atoms with Crippen LogP contribution in [-0.4, -0.2) is 70.1 Å². The fraction of sp³-hybridized carbons (Fsp3) is 0.500. The van der Waals surface area contributed by atoms with Gasteiger partial charge < -0.3 is 37.2 Å². The second-order valence-corrected chi connectivity index (χ2v) is 13.0. The summed E-state index contributed by atoms with van der Waals surface area (Å²) in [5.41, 5.74) is 1.93. The fourth-order valence-corrected chi connectivity index (χ4v) is 4.99. The first-order valence-corrected chi connectivity index (χ1v) is 16.2. The summed E-state index contributed by atoms with van der Waals surface area (Å²) in [6, 6.07) is 3.13. The molecule has 12 nitrogen and oxygen atoms in total. The SMILES string of the molecule is CC(C)C[C@H](NC(=O)[C@@H](NC(=O)[C@@H](N)CCC(=O)O)C(C)C)C(=O)N[C@@H](Cc1ccccc1)[C@@H](O)C(=O)Nc1cc(C(F)(F)F)cc(C(F)(F)F)c1. The topological polar surface area (TPSA) is 200 Å². The minimum absolute atomic E-state index is 0.0132. The monoisotopic (exact) mass is 747 g/mol. The molecular weight excluding hydrogens is 704 g/mol. The number of halogens is 6. The molecule has 0 heterocycles. The zero-order valence-corrected chi connectivity index (χ0v) is 28.8. The molecule has 0 saturated heterocycles. The highest BCUT2D eigenvalue weighted by Gasteiger charge is 2.38. The first-order chi connectivity index (χ1) is 24.0. The number of nitrogens with two attached hydrogens (primary N) is 1. The molecule has 0 bridgehead atoms. The number of aliphatic hydroxyl groups excluding tert-OH is 1. The lowest BCUT2D eigenvalue weighted by molar-refractivity contribution is -0.143. The summed E-state index contributed by atoms with van der Waals surface area (Å²) in [6.07, 6.45) is -13.5. The molecule has 0 aromatic heterocycles. The molecule has 4 amide bonds. The van der Waals surface area contributed by atoms with Gasteiger partial charge in [-0.1, -0.05) is 58.0 Å². The Morgan fingerprint density at radius 2 is 1.33 bits per heavy atom. The van der Waals surface area contributed by atoms with E-state index in [1.807, 2.05) is 5.32 Å². The largest absolute Gasteiger partial charge is 0.481 e. The van der Waals surface area contributed by atoms with Crippen molar-refractivity contribution in [1.29, 1.82) is 0 Å². The van der Waals surface area contributed by atoms with Crippen LogP contribution in [0.2, 0.25) is 0 Å². The van der Waals surface area contributed by atoms with Crippen LogP contribution in [0.5, 0.6) is 0 Å². The molecule has 0 spiro atoms. The Hall–Kier alpha value is -4.71. The third-order valence-corrected chi connectivity index (χ3v) is 7.72. The molecule has 0 aliphatic rings. The molecule has 288 valence electrons. The maximum absolute atomic E-state index is 13.7. The number of aliphatic carboxylic acids is 1. The van der Waals surface area contributed by atoms with Crippen LogP contribution in [0.15, 0.2) is 48.5 Å². The van der Waals surface area contributed by atoms with Gasteiger partial charge in [-0.25, -0.2) is 0 Å². The third kappa shape index (κ3) is 13.8. The van der Waals surface area contributed by atoms with E-state index in [0.717, 1.165) is 0 Å². The number of carboxylic acids is 1. The smallest absolute Gasteiger partial charge is 0.416 e. The zero-order valence-electron chi connectivity index (χ0n) is 28.8. The number of benzene rings is 2. The number of amides is 4. The van der Waals surface area contributed by atoms with E-state index in [1.165, 1.54) is 0 Å².